The van der Waals surface area contributed by atoms with Gasteiger partial charge in [0.15, 0.2) is 5.76 Å². The first kappa shape index (κ1) is 24.3. The number of ether oxygens (including phenoxy) is 4. The van der Waals surface area contributed by atoms with E-state index in [-0.39, 0.29) is 22.6 Å². The fraction of sp³-hybridized carbons (Fsp3) is 0.280. The second-order valence-corrected chi connectivity index (χ2v) is 8.93. The summed E-state index contributed by atoms with van der Waals surface area (Å²) in [4.78, 5) is 24.9. The zero-order valence-corrected chi connectivity index (χ0v) is 20.7. The van der Waals surface area contributed by atoms with E-state index in [1.54, 1.807) is 24.3 Å². The standard InChI is InChI=1S/C25H25ClN2O7/c1-25(2)12-21(29)27-16-11-15(26)18(10-14(16)25)35-22-7-6-17(34-22)24(30)28-23-19(32-4)8-13(31-3)9-20(23)33-5/h6-11H,12H2,1-5H3,(H,27,29)(H,28,30). The van der Waals surface area contributed by atoms with Crippen LogP contribution in [-0.4, -0.2) is 33.1 Å². The third-order valence-corrected chi connectivity index (χ3v) is 5.94. The molecule has 3 aromatic rings. The Morgan fingerprint density at radius 1 is 1.03 bits per heavy atom. The number of anilines is 2. The van der Waals surface area contributed by atoms with Crippen molar-refractivity contribution in [2.24, 2.45) is 0 Å². The Labute approximate surface area is 207 Å². The van der Waals surface area contributed by atoms with Gasteiger partial charge in [0, 0.05) is 35.7 Å². The van der Waals surface area contributed by atoms with Crippen LogP contribution in [0.15, 0.2) is 40.8 Å². The maximum Gasteiger partial charge on any atom is 0.291 e. The molecule has 0 saturated carbocycles. The molecule has 2 heterocycles. The lowest BCUT2D eigenvalue weighted by Gasteiger charge is -2.32. The molecule has 1 aliphatic rings. The van der Waals surface area contributed by atoms with Crippen molar-refractivity contribution in [2.45, 2.75) is 25.7 Å². The predicted octanol–water partition coefficient (Wildman–Crippen LogP) is 5.62. The van der Waals surface area contributed by atoms with E-state index >= 15 is 0 Å². The number of methoxy groups -OCH3 is 3. The summed E-state index contributed by atoms with van der Waals surface area (Å²) in [6, 6.07) is 9.65. The average Bonchev–Trinajstić information content (AvgIpc) is 3.28. The van der Waals surface area contributed by atoms with Gasteiger partial charge in [-0.15, -0.1) is 0 Å². The van der Waals surface area contributed by atoms with E-state index in [0.717, 1.165) is 5.56 Å². The summed E-state index contributed by atoms with van der Waals surface area (Å²) in [6.07, 6.45) is 0.338. The third-order valence-electron chi connectivity index (χ3n) is 5.65. The number of rotatable bonds is 7. The van der Waals surface area contributed by atoms with E-state index < -0.39 is 11.3 Å². The molecule has 1 aliphatic heterocycles. The molecule has 184 valence electrons. The number of fused-ring (bicyclic) bond motifs is 1. The first-order valence-electron chi connectivity index (χ1n) is 10.7. The van der Waals surface area contributed by atoms with Crippen molar-refractivity contribution < 1.29 is 33.0 Å². The molecular formula is C25H25ClN2O7. The summed E-state index contributed by atoms with van der Waals surface area (Å²) < 4.78 is 27.4. The van der Waals surface area contributed by atoms with Crippen molar-refractivity contribution in [3.8, 4) is 28.9 Å². The molecule has 2 amide bonds. The lowest BCUT2D eigenvalue weighted by molar-refractivity contribution is -0.117. The summed E-state index contributed by atoms with van der Waals surface area (Å²) in [5.41, 5.74) is 1.46. The molecule has 0 spiro atoms. The third kappa shape index (κ3) is 4.85. The van der Waals surface area contributed by atoms with Crippen molar-refractivity contribution in [3.05, 3.63) is 52.7 Å². The molecule has 0 radical (unpaired) electrons. The van der Waals surface area contributed by atoms with E-state index in [4.69, 9.17) is 35.0 Å². The molecule has 0 saturated heterocycles. The zero-order chi connectivity index (χ0) is 25.3. The molecule has 2 aromatic carbocycles. The van der Waals surface area contributed by atoms with Crippen LogP contribution in [0.5, 0.6) is 28.9 Å². The fourth-order valence-electron chi connectivity index (χ4n) is 3.90. The molecule has 4 rings (SSSR count). The van der Waals surface area contributed by atoms with Crippen LogP contribution in [-0.2, 0) is 10.2 Å². The van der Waals surface area contributed by atoms with Crippen molar-refractivity contribution in [3.63, 3.8) is 0 Å². The lowest BCUT2D eigenvalue weighted by atomic mass is 9.78. The first-order valence-corrected chi connectivity index (χ1v) is 11.1. The second-order valence-electron chi connectivity index (χ2n) is 8.52. The number of furan rings is 1. The summed E-state index contributed by atoms with van der Waals surface area (Å²) in [5.74, 6) is 1.02. The van der Waals surface area contributed by atoms with Crippen LogP contribution in [0.1, 0.15) is 36.4 Å². The number of amides is 2. The van der Waals surface area contributed by atoms with Gasteiger partial charge in [0.2, 0.25) is 5.91 Å². The molecule has 9 nitrogen and oxygen atoms in total. The normalized spacial score (nSPS) is 13.9. The van der Waals surface area contributed by atoms with Gasteiger partial charge in [0.25, 0.3) is 11.9 Å². The van der Waals surface area contributed by atoms with Gasteiger partial charge in [0.1, 0.15) is 28.7 Å². The Morgan fingerprint density at radius 3 is 2.34 bits per heavy atom. The van der Waals surface area contributed by atoms with Crippen LogP contribution in [0.3, 0.4) is 0 Å². The van der Waals surface area contributed by atoms with Gasteiger partial charge in [-0.2, -0.15) is 0 Å². The number of carbonyl (C=O) groups excluding carboxylic acids is 2. The molecule has 1 aromatic heterocycles. The van der Waals surface area contributed by atoms with Crippen LogP contribution in [0.25, 0.3) is 0 Å². The largest absolute Gasteiger partial charge is 0.496 e. The van der Waals surface area contributed by atoms with Crippen LogP contribution in [0.4, 0.5) is 11.4 Å². The van der Waals surface area contributed by atoms with E-state index in [2.05, 4.69) is 10.6 Å². The highest BCUT2D eigenvalue weighted by atomic mass is 35.5. The second kappa shape index (κ2) is 9.42. The molecule has 10 heteroatoms. The molecule has 0 bridgehead atoms. The Hall–Kier alpha value is -3.85. The Morgan fingerprint density at radius 2 is 1.71 bits per heavy atom. The minimum Gasteiger partial charge on any atom is -0.496 e. The van der Waals surface area contributed by atoms with E-state index in [1.807, 2.05) is 13.8 Å². The van der Waals surface area contributed by atoms with Gasteiger partial charge in [0.05, 0.1) is 26.4 Å². The van der Waals surface area contributed by atoms with Gasteiger partial charge in [-0.3, -0.25) is 9.59 Å². The van der Waals surface area contributed by atoms with Crippen LogP contribution < -0.4 is 29.6 Å². The van der Waals surface area contributed by atoms with Crippen molar-refractivity contribution in [1.82, 2.24) is 0 Å². The summed E-state index contributed by atoms with van der Waals surface area (Å²) >= 11 is 6.38. The van der Waals surface area contributed by atoms with Gasteiger partial charge in [-0.1, -0.05) is 25.4 Å². The van der Waals surface area contributed by atoms with Gasteiger partial charge in [-0.25, -0.2) is 0 Å². The number of hydrogen-bond acceptors (Lipinski definition) is 7. The fourth-order valence-corrected chi connectivity index (χ4v) is 4.10. The van der Waals surface area contributed by atoms with Gasteiger partial charge >= 0.3 is 0 Å². The Balaban J connectivity index is 1.56. The van der Waals surface area contributed by atoms with Crippen molar-refractivity contribution in [1.29, 1.82) is 0 Å². The smallest absolute Gasteiger partial charge is 0.291 e. The van der Waals surface area contributed by atoms with Crippen LogP contribution >= 0.6 is 11.6 Å². The van der Waals surface area contributed by atoms with E-state index in [9.17, 15) is 9.59 Å². The van der Waals surface area contributed by atoms with Gasteiger partial charge in [-0.05, 0) is 23.8 Å². The molecule has 0 unspecified atom stereocenters. The summed E-state index contributed by atoms with van der Waals surface area (Å²) in [6.45, 7) is 3.94. The first-order chi connectivity index (χ1) is 16.6. The summed E-state index contributed by atoms with van der Waals surface area (Å²) in [5, 5.41) is 5.85. The predicted molar refractivity (Wildman–Crippen MR) is 131 cm³/mol. The molecular weight excluding hydrogens is 476 g/mol. The number of halogens is 1. The average molecular weight is 501 g/mol. The molecule has 0 aliphatic carbocycles. The minimum atomic E-state index is -0.540. The SMILES string of the molecule is COc1cc(OC)c(NC(=O)c2ccc(Oc3cc4c(cc3Cl)NC(=O)CC4(C)C)o2)c(OC)c1. The van der Waals surface area contributed by atoms with Crippen LogP contribution in [0, 0.1) is 0 Å². The van der Waals surface area contributed by atoms with Gasteiger partial charge < -0.3 is 34.0 Å². The molecule has 0 atom stereocenters. The Bertz CT molecular complexity index is 1270. The highest BCUT2D eigenvalue weighted by Crippen LogP contribution is 2.43. The zero-order valence-electron chi connectivity index (χ0n) is 19.9. The van der Waals surface area contributed by atoms with E-state index in [0.29, 0.717) is 40.8 Å². The van der Waals surface area contributed by atoms with Crippen LogP contribution in [0.2, 0.25) is 5.02 Å². The highest BCUT2D eigenvalue weighted by Gasteiger charge is 2.33. The summed E-state index contributed by atoms with van der Waals surface area (Å²) in [7, 11) is 4.46. The monoisotopic (exact) mass is 500 g/mol. The van der Waals surface area contributed by atoms with Crippen molar-refractivity contribution in [2.75, 3.05) is 32.0 Å². The topological polar surface area (TPSA) is 108 Å². The molecule has 0 fully saturated rings. The van der Waals surface area contributed by atoms with E-state index in [1.165, 1.54) is 33.5 Å². The van der Waals surface area contributed by atoms with Crippen molar-refractivity contribution >= 4 is 34.8 Å². The lowest BCUT2D eigenvalue weighted by Crippen LogP contribution is -2.32. The number of benzene rings is 2. The Kier molecular flexibility index (Phi) is 6.53. The number of nitrogens with one attached hydrogen (secondary N) is 2. The quantitative estimate of drug-likeness (QED) is 0.433. The number of carbonyl (C=O) groups is 2. The molecule has 35 heavy (non-hydrogen) atoms. The maximum absolute atomic E-state index is 12.9. The molecule has 2 N–H and O–H groups in total. The minimum absolute atomic E-state index is 0.00148. The highest BCUT2D eigenvalue weighted by molar-refractivity contribution is 6.32. The number of hydrogen-bond donors (Lipinski definition) is 2. The maximum atomic E-state index is 12.9.